The van der Waals surface area contributed by atoms with Crippen LogP contribution in [0.2, 0.25) is 0 Å². The largest absolute Gasteiger partial charge is 0.493 e. The fraction of sp³-hybridized carbons (Fsp3) is 0.200. The zero-order valence-corrected chi connectivity index (χ0v) is 12.7. The van der Waals surface area contributed by atoms with Crippen molar-refractivity contribution in [3.05, 3.63) is 77.9 Å². The third kappa shape index (κ3) is 3.46. The van der Waals surface area contributed by atoms with E-state index in [1.54, 1.807) is 0 Å². The zero-order chi connectivity index (χ0) is 15.4. The number of rotatable bonds is 5. The second-order valence-corrected chi connectivity index (χ2v) is 5.57. The van der Waals surface area contributed by atoms with Crippen LogP contribution in [0.5, 0.6) is 5.75 Å². The molecule has 0 heterocycles. The lowest BCUT2D eigenvalue weighted by molar-refractivity contribution is 0.141. The summed E-state index contributed by atoms with van der Waals surface area (Å²) in [6.45, 7) is 2.53. The molecule has 1 N–H and O–H groups in total. The van der Waals surface area contributed by atoms with Crippen LogP contribution in [0.25, 0.3) is 10.8 Å². The molecule has 1 atom stereocenters. The molecule has 0 fully saturated rings. The molecule has 0 spiro atoms. The van der Waals surface area contributed by atoms with Gasteiger partial charge in [0.1, 0.15) is 5.75 Å². The predicted octanol–water partition coefficient (Wildman–Crippen LogP) is 4.65. The van der Waals surface area contributed by atoms with Gasteiger partial charge in [-0.2, -0.15) is 0 Å². The highest BCUT2D eigenvalue weighted by atomic mass is 16.5. The summed E-state index contributed by atoms with van der Waals surface area (Å²) in [6.07, 6.45) is 0.0941. The summed E-state index contributed by atoms with van der Waals surface area (Å²) in [5.74, 6) is 0.842. The second-order valence-electron chi connectivity index (χ2n) is 5.57. The second kappa shape index (κ2) is 6.63. The van der Waals surface area contributed by atoms with Crippen molar-refractivity contribution in [2.24, 2.45) is 0 Å². The van der Waals surface area contributed by atoms with Gasteiger partial charge in [-0.3, -0.25) is 0 Å². The van der Waals surface area contributed by atoms with Crippen LogP contribution in [0.15, 0.2) is 66.7 Å². The van der Waals surface area contributed by atoms with Crippen molar-refractivity contribution in [1.82, 2.24) is 0 Å². The van der Waals surface area contributed by atoms with Crippen molar-refractivity contribution in [1.29, 1.82) is 0 Å². The van der Waals surface area contributed by atoms with Crippen molar-refractivity contribution >= 4 is 10.8 Å². The van der Waals surface area contributed by atoms with Crippen LogP contribution in [-0.2, 0) is 0 Å². The van der Waals surface area contributed by atoms with Crippen LogP contribution in [-0.4, -0.2) is 11.7 Å². The van der Waals surface area contributed by atoms with Gasteiger partial charge in [0, 0.05) is 6.42 Å². The maximum atomic E-state index is 10.2. The highest BCUT2D eigenvalue weighted by molar-refractivity contribution is 5.83. The molecule has 0 aliphatic carbocycles. The monoisotopic (exact) mass is 292 g/mol. The first kappa shape index (κ1) is 14.6. The van der Waals surface area contributed by atoms with Gasteiger partial charge in [0.05, 0.1) is 12.7 Å². The Bertz CT molecular complexity index is 747. The van der Waals surface area contributed by atoms with Crippen LogP contribution >= 0.6 is 0 Å². The van der Waals surface area contributed by atoms with Crippen LogP contribution in [0.3, 0.4) is 0 Å². The first-order chi connectivity index (χ1) is 10.7. The van der Waals surface area contributed by atoms with E-state index in [-0.39, 0.29) is 0 Å². The van der Waals surface area contributed by atoms with E-state index >= 15 is 0 Å². The summed E-state index contributed by atoms with van der Waals surface area (Å²) in [5.41, 5.74) is 2.14. The van der Waals surface area contributed by atoms with Gasteiger partial charge in [0.15, 0.2) is 0 Å². The van der Waals surface area contributed by atoms with Crippen LogP contribution < -0.4 is 4.74 Å². The van der Waals surface area contributed by atoms with Crippen LogP contribution in [0.1, 0.15) is 23.7 Å². The van der Waals surface area contributed by atoms with E-state index in [2.05, 4.69) is 18.2 Å². The summed E-state index contributed by atoms with van der Waals surface area (Å²) >= 11 is 0. The lowest BCUT2D eigenvalue weighted by Gasteiger charge is -2.12. The molecule has 112 valence electrons. The average molecular weight is 292 g/mol. The molecule has 2 nitrogen and oxygen atoms in total. The number of ether oxygens (including phenoxy) is 1. The molecule has 3 aromatic rings. The molecule has 2 heteroatoms. The van der Waals surface area contributed by atoms with E-state index in [0.717, 1.165) is 11.3 Å². The Morgan fingerprint density at radius 3 is 2.41 bits per heavy atom. The van der Waals surface area contributed by atoms with E-state index in [4.69, 9.17) is 4.74 Å². The molecular weight excluding hydrogens is 272 g/mol. The number of aliphatic hydroxyl groups excluding tert-OH is 1. The van der Waals surface area contributed by atoms with E-state index in [0.29, 0.717) is 13.0 Å². The van der Waals surface area contributed by atoms with Crippen molar-refractivity contribution in [2.75, 3.05) is 6.61 Å². The van der Waals surface area contributed by atoms with Crippen molar-refractivity contribution in [3.8, 4) is 5.75 Å². The van der Waals surface area contributed by atoms with Gasteiger partial charge in [-0.25, -0.2) is 0 Å². The maximum absolute atomic E-state index is 10.2. The quantitative estimate of drug-likeness (QED) is 0.741. The molecule has 0 aliphatic rings. The Morgan fingerprint density at radius 1 is 0.909 bits per heavy atom. The molecule has 1 unspecified atom stereocenters. The molecule has 0 radical (unpaired) electrons. The van der Waals surface area contributed by atoms with E-state index in [1.807, 2.05) is 55.5 Å². The normalized spacial score (nSPS) is 12.3. The molecule has 3 rings (SSSR count). The summed E-state index contributed by atoms with van der Waals surface area (Å²) in [6, 6.07) is 22.2. The fourth-order valence-corrected chi connectivity index (χ4v) is 2.50. The molecule has 0 saturated carbocycles. The lowest BCUT2D eigenvalue weighted by atomic mass is 10.1. The van der Waals surface area contributed by atoms with Gasteiger partial charge in [0.25, 0.3) is 0 Å². The zero-order valence-electron chi connectivity index (χ0n) is 12.7. The van der Waals surface area contributed by atoms with Gasteiger partial charge in [0.2, 0.25) is 0 Å². The number of benzene rings is 3. The number of hydrogen-bond donors (Lipinski definition) is 1. The smallest absolute Gasteiger partial charge is 0.119 e. The Kier molecular flexibility index (Phi) is 4.40. The van der Waals surface area contributed by atoms with Gasteiger partial charge in [-0.1, -0.05) is 60.2 Å². The van der Waals surface area contributed by atoms with Crippen LogP contribution in [0.4, 0.5) is 0 Å². The molecule has 0 amide bonds. The average Bonchev–Trinajstić information content (AvgIpc) is 2.55. The number of aliphatic hydroxyl groups is 1. The summed E-state index contributed by atoms with van der Waals surface area (Å²) in [5, 5.41) is 12.6. The molecule has 0 saturated heterocycles. The van der Waals surface area contributed by atoms with E-state index < -0.39 is 6.10 Å². The Morgan fingerprint density at radius 2 is 1.64 bits per heavy atom. The first-order valence-corrected chi connectivity index (χ1v) is 7.58. The molecule has 3 aromatic carbocycles. The third-order valence-electron chi connectivity index (χ3n) is 3.84. The SMILES string of the molecule is Cc1ccc(C(O)CCOc2ccc3ccccc3c2)cc1. The summed E-state index contributed by atoms with van der Waals surface area (Å²) < 4.78 is 5.77. The minimum absolute atomic E-state index is 0.485. The Labute approximate surface area is 131 Å². The van der Waals surface area contributed by atoms with E-state index in [1.165, 1.54) is 16.3 Å². The lowest BCUT2D eigenvalue weighted by Crippen LogP contribution is -2.05. The van der Waals surface area contributed by atoms with Gasteiger partial charge in [-0.05, 0) is 35.4 Å². The van der Waals surface area contributed by atoms with Gasteiger partial charge >= 0.3 is 0 Å². The van der Waals surface area contributed by atoms with Crippen LogP contribution in [0, 0.1) is 6.92 Å². The molecular formula is C20H20O2. The topological polar surface area (TPSA) is 29.5 Å². The molecule has 0 bridgehead atoms. The first-order valence-electron chi connectivity index (χ1n) is 7.58. The van der Waals surface area contributed by atoms with Gasteiger partial charge < -0.3 is 9.84 Å². The standard InChI is InChI=1S/C20H20O2/c1-15-6-8-17(9-7-15)20(21)12-13-22-19-11-10-16-4-2-3-5-18(16)14-19/h2-11,14,20-21H,12-13H2,1H3. The van der Waals surface area contributed by atoms with Crippen molar-refractivity contribution < 1.29 is 9.84 Å². The predicted molar refractivity (Wildman–Crippen MR) is 90.2 cm³/mol. The Balaban J connectivity index is 1.58. The van der Waals surface area contributed by atoms with Gasteiger partial charge in [-0.15, -0.1) is 0 Å². The minimum atomic E-state index is -0.485. The Hall–Kier alpha value is -2.32. The fourth-order valence-electron chi connectivity index (χ4n) is 2.50. The number of hydrogen-bond acceptors (Lipinski definition) is 2. The third-order valence-corrected chi connectivity index (χ3v) is 3.84. The summed E-state index contributed by atoms with van der Waals surface area (Å²) in [4.78, 5) is 0. The van der Waals surface area contributed by atoms with Crippen molar-refractivity contribution in [2.45, 2.75) is 19.4 Å². The minimum Gasteiger partial charge on any atom is -0.493 e. The maximum Gasteiger partial charge on any atom is 0.119 e. The summed E-state index contributed by atoms with van der Waals surface area (Å²) in [7, 11) is 0. The molecule has 22 heavy (non-hydrogen) atoms. The molecule has 0 aliphatic heterocycles. The highest BCUT2D eigenvalue weighted by Gasteiger charge is 2.07. The number of aryl methyl sites for hydroxylation is 1. The van der Waals surface area contributed by atoms with E-state index in [9.17, 15) is 5.11 Å². The van der Waals surface area contributed by atoms with Crippen molar-refractivity contribution in [3.63, 3.8) is 0 Å². The highest BCUT2D eigenvalue weighted by Crippen LogP contribution is 2.22. The number of fused-ring (bicyclic) bond motifs is 1. The molecule has 0 aromatic heterocycles.